The molecule has 2 amide bonds. The summed E-state index contributed by atoms with van der Waals surface area (Å²) in [7, 11) is 0. The van der Waals surface area contributed by atoms with Gasteiger partial charge in [0.2, 0.25) is 11.8 Å². The van der Waals surface area contributed by atoms with E-state index in [1.54, 1.807) is 6.26 Å². The third-order valence-corrected chi connectivity index (χ3v) is 5.18. The molecule has 2 aliphatic rings. The third kappa shape index (κ3) is 4.15. The van der Waals surface area contributed by atoms with Gasteiger partial charge in [-0.25, -0.2) is 0 Å². The predicted octanol–water partition coefficient (Wildman–Crippen LogP) is 3.52. The Kier molecular flexibility index (Phi) is 5.14. The average molecular weight is 368 g/mol. The molecule has 0 spiro atoms. The van der Waals surface area contributed by atoms with E-state index in [-0.39, 0.29) is 17.9 Å². The lowest BCUT2D eigenvalue weighted by atomic mass is 9.93. The zero-order valence-corrected chi connectivity index (χ0v) is 15.3. The highest BCUT2D eigenvalue weighted by Crippen LogP contribution is 2.30. The number of nitrogens with one attached hydrogen (secondary N) is 2. The minimum absolute atomic E-state index is 0.0470. The first kappa shape index (κ1) is 17.6. The Bertz CT molecular complexity index is 842. The number of carbonyl (C=O) groups excluding carboxylic acids is 2. The lowest BCUT2D eigenvalue weighted by molar-refractivity contribution is -0.122. The smallest absolute Gasteiger partial charge is 0.224 e. The molecule has 0 bridgehead atoms. The summed E-state index contributed by atoms with van der Waals surface area (Å²) in [6, 6.07) is 7.72. The van der Waals surface area contributed by atoms with Gasteiger partial charge in [0, 0.05) is 30.5 Å². The van der Waals surface area contributed by atoms with Crippen LogP contribution >= 0.6 is 0 Å². The van der Waals surface area contributed by atoms with Gasteiger partial charge in [-0.2, -0.15) is 0 Å². The number of benzene rings is 1. The van der Waals surface area contributed by atoms with Crippen LogP contribution in [-0.4, -0.2) is 18.4 Å². The molecule has 2 N–H and O–H groups in total. The quantitative estimate of drug-likeness (QED) is 0.765. The number of anilines is 1. The molecule has 1 unspecified atom stereocenters. The maximum absolute atomic E-state index is 12.2. The SMILES string of the molecule is O=C1CCc2cc(OCCCC(=O)NC3CCCc4occc43)ccc2N1. The van der Waals surface area contributed by atoms with E-state index >= 15 is 0 Å². The van der Waals surface area contributed by atoms with Crippen LogP contribution in [0.3, 0.4) is 0 Å². The number of furan rings is 1. The highest BCUT2D eigenvalue weighted by Gasteiger charge is 2.23. The molecular formula is C21H24N2O4. The van der Waals surface area contributed by atoms with Crippen LogP contribution < -0.4 is 15.4 Å². The fraction of sp³-hybridized carbons (Fsp3) is 0.429. The summed E-state index contributed by atoms with van der Waals surface area (Å²) in [5.41, 5.74) is 3.08. The fourth-order valence-electron chi connectivity index (χ4n) is 3.78. The van der Waals surface area contributed by atoms with Crippen LogP contribution in [0.4, 0.5) is 5.69 Å². The van der Waals surface area contributed by atoms with Gasteiger partial charge < -0.3 is 19.8 Å². The van der Waals surface area contributed by atoms with E-state index in [1.165, 1.54) is 0 Å². The van der Waals surface area contributed by atoms with Gasteiger partial charge in [-0.15, -0.1) is 0 Å². The van der Waals surface area contributed by atoms with Crippen molar-refractivity contribution in [2.24, 2.45) is 0 Å². The Morgan fingerprint density at radius 2 is 2.19 bits per heavy atom. The van der Waals surface area contributed by atoms with E-state index in [2.05, 4.69) is 10.6 Å². The zero-order chi connectivity index (χ0) is 18.6. The van der Waals surface area contributed by atoms with E-state index < -0.39 is 0 Å². The molecule has 0 saturated heterocycles. The van der Waals surface area contributed by atoms with E-state index in [4.69, 9.17) is 9.15 Å². The Labute approximate surface area is 158 Å². The van der Waals surface area contributed by atoms with Gasteiger partial charge in [-0.1, -0.05) is 0 Å². The normalized spacial score (nSPS) is 18.2. The second kappa shape index (κ2) is 7.86. The second-order valence-electron chi connectivity index (χ2n) is 7.13. The largest absolute Gasteiger partial charge is 0.494 e. The molecule has 1 aliphatic carbocycles. The van der Waals surface area contributed by atoms with Gasteiger partial charge in [0.1, 0.15) is 11.5 Å². The summed E-state index contributed by atoms with van der Waals surface area (Å²) >= 11 is 0. The van der Waals surface area contributed by atoms with Gasteiger partial charge in [-0.05, 0) is 55.5 Å². The van der Waals surface area contributed by atoms with Crippen molar-refractivity contribution in [1.82, 2.24) is 5.32 Å². The van der Waals surface area contributed by atoms with Crippen molar-refractivity contribution < 1.29 is 18.7 Å². The van der Waals surface area contributed by atoms with E-state index in [0.717, 1.165) is 54.0 Å². The van der Waals surface area contributed by atoms with E-state index in [1.807, 2.05) is 24.3 Å². The molecule has 6 heteroatoms. The topological polar surface area (TPSA) is 80.6 Å². The lowest BCUT2D eigenvalue weighted by Gasteiger charge is -2.22. The maximum Gasteiger partial charge on any atom is 0.224 e. The number of carbonyl (C=O) groups is 2. The summed E-state index contributed by atoms with van der Waals surface area (Å²) in [5.74, 6) is 1.88. The van der Waals surface area contributed by atoms with Crippen molar-refractivity contribution in [3.63, 3.8) is 0 Å². The molecule has 1 aromatic heterocycles. The molecule has 1 atom stereocenters. The molecule has 142 valence electrons. The Hall–Kier alpha value is -2.76. The minimum Gasteiger partial charge on any atom is -0.494 e. The number of amides is 2. The first-order chi connectivity index (χ1) is 13.2. The zero-order valence-electron chi connectivity index (χ0n) is 15.3. The van der Waals surface area contributed by atoms with Crippen molar-refractivity contribution in [3.05, 3.63) is 47.4 Å². The molecule has 0 radical (unpaired) electrons. The molecule has 0 saturated carbocycles. The van der Waals surface area contributed by atoms with Crippen molar-refractivity contribution in [2.75, 3.05) is 11.9 Å². The molecular weight excluding hydrogens is 344 g/mol. The number of ether oxygens (including phenoxy) is 1. The molecule has 0 fully saturated rings. The lowest BCUT2D eigenvalue weighted by Crippen LogP contribution is -2.30. The van der Waals surface area contributed by atoms with Gasteiger partial charge >= 0.3 is 0 Å². The first-order valence-corrected chi connectivity index (χ1v) is 9.60. The Morgan fingerprint density at radius 3 is 3.11 bits per heavy atom. The summed E-state index contributed by atoms with van der Waals surface area (Å²) in [6.07, 6.45) is 6.98. The monoisotopic (exact) mass is 368 g/mol. The Balaban J connectivity index is 1.22. The highest BCUT2D eigenvalue weighted by molar-refractivity contribution is 5.94. The first-order valence-electron chi connectivity index (χ1n) is 9.60. The van der Waals surface area contributed by atoms with Gasteiger partial charge in [0.05, 0.1) is 18.9 Å². The molecule has 1 aliphatic heterocycles. The molecule has 6 nitrogen and oxygen atoms in total. The summed E-state index contributed by atoms with van der Waals surface area (Å²) < 4.78 is 11.2. The van der Waals surface area contributed by atoms with E-state index in [9.17, 15) is 9.59 Å². The standard InChI is InChI=1S/C21H24N2O4/c24-20(23-18-3-1-4-19-16(18)10-12-27-19)5-2-11-26-15-7-8-17-14(13-15)6-9-21(25)22-17/h7-8,10,12-13,18H,1-6,9,11H2,(H,22,25)(H,23,24). The predicted molar refractivity (Wildman–Crippen MR) is 101 cm³/mol. The van der Waals surface area contributed by atoms with Crippen LogP contribution in [0.2, 0.25) is 0 Å². The van der Waals surface area contributed by atoms with Crippen LogP contribution in [0, 0.1) is 0 Å². The van der Waals surface area contributed by atoms with Crippen LogP contribution in [0.25, 0.3) is 0 Å². The molecule has 1 aromatic carbocycles. The van der Waals surface area contributed by atoms with Crippen LogP contribution in [0.5, 0.6) is 5.75 Å². The molecule has 4 rings (SSSR count). The molecule has 2 aromatic rings. The van der Waals surface area contributed by atoms with Gasteiger partial charge in [0.25, 0.3) is 0 Å². The third-order valence-electron chi connectivity index (χ3n) is 5.18. The summed E-state index contributed by atoms with van der Waals surface area (Å²) in [6.45, 7) is 0.486. The number of hydrogen-bond donors (Lipinski definition) is 2. The van der Waals surface area contributed by atoms with Crippen LogP contribution in [0.15, 0.2) is 34.9 Å². The Morgan fingerprint density at radius 1 is 1.26 bits per heavy atom. The fourth-order valence-corrected chi connectivity index (χ4v) is 3.78. The van der Waals surface area contributed by atoms with Crippen molar-refractivity contribution in [2.45, 2.75) is 51.0 Å². The summed E-state index contributed by atoms with van der Waals surface area (Å²) in [5, 5.41) is 5.97. The van der Waals surface area contributed by atoms with Crippen LogP contribution in [0.1, 0.15) is 55.0 Å². The van der Waals surface area contributed by atoms with Crippen molar-refractivity contribution in [3.8, 4) is 5.75 Å². The second-order valence-corrected chi connectivity index (χ2v) is 7.13. The van der Waals surface area contributed by atoms with Crippen molar-refractivity contribution in [1.29, 1.82) is 0 Å². The van der Waals surface area contributed by atoms with E-state index in [0.29, 0.717) is 25.9 Å². The number of rotatable bonds is 6. The maximum atomic E-state index is 12.2. The number of hydrogen-bond acceptors (Lipinski definition) is 4. The van der Waals surface area contributed by atoms with Gasteiger partial charge in [-0.3, -0.25) is 9.59 Å². The molecule has 2 heterocycles. The average Bonchev–Trinajstić information content (AvgIpc) is 3.15. The molecule has 27 heavy (non-hydrogen) atoms. The number of fused-ring (bicyclic) bond motifs is 2. The highest BCUT2D eigenvalue weighted by atomic mass is 16.5. The van der Waals surface area contributed by atoms with Crippen molar-refractivity contribution >= 4 is 17.5 Å². The minimum atomic E-state index is 0.0470. The van der Waals surface area contributed by atoms with Gasteiger partial charge in [0.15, 0.2) is 0 Å². The summed E-state index contributed by atoms with van der Waals surface area (Å²) in [4.78, 5) is 23.6. The van der Waals surface area contributed by atoms with Crippen LogP contribution in [-0.2, 0) is 22.4 Å². The number of aryl methyl sites for hydroxylation is 2.